The van der Waals surface area contributed by atoms with E-state index in [4.69, 9.17) is 9.47 Å². The molecule has 3 saturated heterocycles. The smallest absolute Gasteiger partial charge is 0.378 e. The topological polar surface area (TPSA) is 168 Å². The van der Waals surface area contributed by atoms with Crippen LogP contribution in [0.1, 0.15) is 57.5 Å². The van der Waals surface area contributed by atoms with E-state index in [-0.39, 0.29) is 28.6 Å². The molecule has 6 rings (SSSR count). The van der Waals surface area contributed by atoms with E-state index in [1.807, 2.05) is 0 Å². The third kappa shape index (κ3) is 6.38. The minimum Gasteiger partial charge on any atom is -0.378 e. The number of benzene rings is 1. The van der Waals surface area contributed by atoms with Crippen molar-refractivity contribution < 1.29 is 50.2 Å². The summed E-state index contributed by atoms with van der Waals surface area (Å²) in [4.78, 5) is 67.8. The molecular weight excluding hydrogens is 709 g/mol. The van der Waals surface area contributed by atoms with E-state index >= 15 is 0 Å². The first-order valence-corrected chi connectivity index (χ1v) is 17.9. The quantitative estimate of drug-likeness (QED) is 0.339. The first-order chi connectivity index (χ1) is 24.7. The molecule has 2 atom stereocenters. The average Bonchev–Trinajstić information content (AvgIpc) is 3.43. The molecule has 5 amide bonds. The molecule has 0 saturated carbocycles. The van der Waals surface area contributed by atoms with Crippen LogP contribution in [0.25, 0.3) is 0 Å². The van der Waals surface area contributed by atoms with Crippen LogP contribution in [-0.4, -0.2) is 116 Å². The lowest BCUT2D eigenvalue weighted by Crippen LogP contribution is -2.56. The van der Waals surface area contributed by atoms with Gasteiger partial charge in [-0.15, -0.1) is 0 Å². The second kappa shape index (κ2) is 14.2. The number of sulfone groups is 1. The zero-order valence-corrected chi connectivity index (χ0v) is 28.9. The molecule has 3 aliphatic heterocycles. The maximum absolute atomic E-state index is 15.0. The summed E-state index contributed by atoms with van der Waals surface area (Å²) in [6.45, 7) is 5.86. The minimum absolute atomic E-state index is 0.171. The summed E-state index contributed by atoms with van der Waals surface area (Å²) >= 11 is 0. The van der Waals surface area contributed by atoms with E-state index in [0.717, 1.165) is 12.1 Å². The SMILES string of the molecule is CC(c1ccncc1C(=O)N1CCOCC1)C1(C(C)c2ccncc2C(=O)N2CCOCC2)NC(=O)N(c2ccc(S(=O)(=O)C(F)(F)F)cc2)C1=O. The second-order valence-electron chi connectivity index (χ2n) is 12.6. The van der Waals surface area contributed by atoms with Gasteiger partial charge in [0.25, 0.3) is 27.6 Å². The fourth-order valence-electron chi connectivity index (χ4n) is 6.96. The molecular formula is C34H35F3N6O8S. The van der Waals surface area contributed by atoms with E-state index in [0.29, 0.717) is 80.8 Å². The highest BCUT2D eigenvalue weighted by Gasteiger charge is 2.60. The van der Waals surface area contributed by atoms with Gasteiger partial charge in [0.05, 0.1) is 48.1 Å². The molecule has 2 unspecified atom stereocenters. The number of halogens is 3. The van der Waals surface area contributed by atoms with Crippen molar-refractivity contribution in [1.29, 1.82) is 0 Å². The van der Waals surface area contributed by atoms with Crippen molar-refractivity contribution in [3.8, 4) is 0 Å². The second-order valence-corrected chi connectivity index (χ2v) is 14.5. The van der Waals surface area contributed by atoms with E-state index in [9.17, 15) is 40.8 Å². The number of anilines is 1. The van der Waals surface area contributed by atoms with Crippen LogP contribution in [-0.2, 0) is 24.1 Å². The number of nitrogens with one attached hydrogen (secondary N) is 1. The van der Waals surface area contributed by atoms with Crippen molar-refractivity contribution in [2.24, 2.45) is 0 Å². The number of morpholine rings is 2. The Morgan fingerprint density at radius 1 is 0.788 bits per heavy atom. The maximum atomic E-state index is 15.0. The standard InChI is InChI=1S/C34H35F3N6O8S/c1-21(25-7-9-38-19-27(25)29(44)41-11-15-50-16-12-41)33(22(2)26-8-10-39-20-28(26)30(45)42-13-17-51-18-14-42)31(46)43(32(47)40-33)23-3-5-24(6-4-23)52(48,49)34(35,36)37/h3-10,19-22H,11-18H2,1-2H3,(H,40,47). The van der Waals surface area contributed by atoms with Crippen LogP contribution in [0.5, 0.6) is 0 Å². The van der Waals surface area contributed by atoms with Gasteiger partial charge in [-0.05, 0) is 47.5 Å². The summed E-state index contributed by atoms with van der Waals surface area (Å²) in [5, 5.41) is 2.83. The number of carbonyl (C=O) groups excluding carboxylic acids is 4. The Morgan fingerprint density at radius 3 is 1.65 bits per heavy atom. The lowest BCUT2D eigenvalue weighted by molar-refractivity contribution is -0.123. The first kappa shape index (κ1) is 36.8. The number of hydrogen-bond acceptors (Lipinski definition) is 10. The van der Waals surface area contributed by atoms with Gasteiger partial charge < -0.3 is 24.6 Å². The lowest BCUT2D eigenvalue weighted by Gasteiger charge is -2.40. The van der Waals surface area contributed by atoms with Gasteiger partial charge in [0.2, 0.25) is 0 Å². The summed E-state index contributed by atoms with van der Waals surface area (Å²) < 4.78 is 74.7. The number of hydrogen-bond donors (Lipinski definition) is 1. The normalized spacial score (nSPS) is 21.1. The van der Waals surface area contributed by atoms with Gasteiger partial charge >= 0.3 is 11.5 Å². The molecule has 14 nitrogen and oxygen atoms in total. The van der Waals surface area contributed by atoms with E-state index in [1.54, 1.807) is 35.8 Å². The Morgan fingerprint density at radius 2 is 1.23 bits per heavy atom. The fraction of sp³-hybridized carbons (Fsp3) is 0.412. The van der Waals surface area contributed by atoms with Crippen LogP contribution >= 0.6 is 0 Å². The molecule has 3 fully saturated rings. The van der Waals surface area contributed by atoms with Crippen molar-refractivity contribution in [2.75, 3.05) is 57.5 Å². The van der Waals surface area contributed by atoms with Crippen LogP contribution < -0.4 is 10.2 Å². The average molecular weight is 745 g/mol. The molecule has 0 radical (unpaired) electrons. The van der Waals surface area contributed by atoms with Gasteiger partial charge in [-0.25, -0.2) is 18.1 Å². The van der Waals surface area contributed by atoms with Crippen LogP contribution in [0.4, 0.5) is 23.7 Å². The molecule has 3 aromatic rings. The predicted molar refractivity (Wildman–Crippen MR) is 177 cm³/mol. The third-order valence-corrected chi connectivity index (χ3v) is 11.4. The van der Waals surface area contributed by atoms with Crippen molar-refractivity contribution in [3.63, 3.8) is 0 Å². The van der Waals surface area contributed by atoms with Gasteiger partial charge in [-0.1, -0.05) is 13.8 Å². The predicted octanol–water partition coefficient (Wildman–Crippen LogP) is 3.12. The van der Waals surface area contributed by atoms with Crippen molar-refractivity contribution >= 4 is 39.3 Å². The summed E-state index contributed by atoms with van der Waals surface area (Å²) in [6, 6.07) is 5.36. The molecule has 52 heavy (non-hydrogen) atoms. The maximum Gasteiger partial charge on any atom is 0.501 e. The van der Waals surface area contributed by atoms with Crippen molar-refractivity contribution in [3.05, 3.63) is 83.4 Å². The summed E-state index contributed by atoms with van der Waals surface area (Å²) in [5.74, 6) is -3.58. The molecule has 2 aromatic heterocycles. The summed E-state index contributed by atoms with van der Waals surface area (Å²) in [5.41, 5.74) is -6.64. The number of pyridine rings is 2. The van der Waals surface area contributed by atoms with Crippen LogP contribution in [0.2, 0.25) is 0 Å². The van der Waals surface area contributed by atoms with Gasteiger partial charge in [0.1, 0.15) is 5.54 Å². The number of alkyl halides is 3. The molecule has 0 aliphatic carbocycles. The van der Waals surface area contributed by atoms with Gasteiger partial charge in [0, 0.05) is 62.8 Å². The number of urea groups is 1. The molecule has 1 N–H and O–H groups in total. The Labute approximate surface area is 296 Å². The van der Waals surface area contributed by atoms with E-state index in [1.165, 1.54) is 24.8 Å². The summed E-state index contributed by atoms with van der Waals surface area (Å²) in [7, 11) is -5.71. The van der Waals surface area contributed by atoms with Crippen molar-refractivity contribution in [2.45, 2.75) is 41.6 Å². The Hall–Kier alpha value is -4.94. The third-order valence-electron chi connectivity index (χ3n) is 9.85. The molecule has 3 aliphatic rings. The number of nitrogens with zero attached hydrogens (tertiary/aromatic N) is 5. The van der Waals surface area contributed by atoms with Gasteiger partial charge in [-0.2, -0.15) is 13.2 Å². The summed E-state index contributed by atoms with van der Waals surface area (Å²) in [6.07, 6.45) is 5.64. The Balaban J connectivity index is 1.47. The van der Waals surface area contributed by atoms with Crippen LogP contribution in [0, 0.1) is 0 Å². The highest BCUT2D eigenvalue weighted by atomic mass is 32.2. The minimum atomic E-state index is -5.71. The largest absolute Gasteiger partial charge is 0.501 e. The first-order valence-electron chi connectivity index (χ1n) is 16.4. The number of rotatable bonds is 8. The molecule has 0 bridgehead atoms. The zero-order chi connectivity index (χ0) is 37.4. The Kier molecular flexibility index (Phi) is 10.1. The fourth-order valence-corrected chi connectivity index (χ4v) is 7.72. The molecule has 276 valence electrons. The monoisotopic (exact) mass is 744 g/mol. The number of aromatic nitrogens is 2. The lowest BCUT2D eigenvalue weighted by atomic mass is 9.68. The van der Waals surface area contributed by atoms with Gasteiger partial charge in [0.15, 0.2) is 0 Å². The Bertz CT molecular complexity index is 1900. The van der Waals surface area contributed by atoms with Crippen LogP contribution in [0.3, 0.4) is 0 Å². The number of ether oxygens (including phenoxy) is 2. The van der Waals surface area contributed by atoms with E-state index in [2.05, 4.69) is 15.3 Å². The highest BCUT2D eigenvalue weighted by molar-refractivity contribution is 7.92. The number of amides is 5. The van der Waals surface area contributed by atoms with Crippen molar-refractivity contribution in [1.82, 2.24) is 25.1 Å². The molecule has 1 aromatic carbocycles. The number of imide groups is 1. The highest BCUT2D eigenvalue weighted by Crippen LogP contribution is 2.46. The number of carbonyl (C=O) groups is 4. The molecule has 5 heterocycles. The zero-order valence-electron chi connectivity index (χ0n) is 28.1. The van der Waals surface area contributed by atoms with Gasteiger partial charge in [-0.3, -0.25) is 24.4 Å². The molecule has 0 spiro atoms. The van der Waals surface area contributed by atoms with Crippen LogP contribution in [0.15, 0.2) is 66.1 Å². The molecule has 18 heteroatoms. The van der Waals surface area contributed by atoms with E-state index < -0.39 is 49.6 Å².